The van der Waals surface area contributed by atoms with Crippen LogP contribution >= 0.6 is 15.9 Å². The van der Waals surface area contributed by atoms with Gasteiger partial charge in [-0.05, 0) is 24.6 Å². The third-order valence-electron chi connectivity index (χ3n) is 5.81. The fraction of sp³-hybridized carbons (Fsp3) is 0.333. The van der Waals surface area contributed by atoms with Crippen LogP contribution in [0.15, 0.2) is 58.6 Å². The molecule has 1 amide bonds. The van der Waals surface area contributed by atoms with Crippen LogP contribution in [-0.4, -0.2) is 66.0 Å². The van der Waals surface area contributed by atoms with E-state index in [0.717, 1.165) is 28.7 Å². The molecular weight excluding hydrogens is 460 g/mol. The lowest BCUT2D eigenvalue weighted by molar-refractivity contribution is -0.140. The molecule has 7 heteroatoms. The molecule has 31 heavy (non-hydrogen) atoms. The summed E-state index contributed by atoms with van der Waals surface area (Å²) in [5, 5.41) is 11.1. The summed E-state index contributed by atoms with van der Waals surface area (Å²) in [4.78, 5) is 29.9. The zero-order valence-electron chi connectivity index (χ0n) is 17.4. The molecule has 4 rings (SSSR count). The highest BCUT2D eigenvalue weighted by molar-refractivity contribution is 9.10. The third kappa shape index (κ3) is 4.59. The van der Waals surface area contributed by atoms with E-state index in [4.69, 9.17) is 4.74 Å². The second-order valence-electron chi connectivity index (χ2n) is 7.86. The number of Topliss-reactive ketones (excluding diaryl/α,β-unsaturated/α-hetero) is 1. The van der Waals surface area contributed by atoms with Gasteiger partial charge in [0.05, 0.1) is 24.8 Å². The van der Waals surface area contributed by atoms with Crippen molar-refractivity contribution in [2.24, 2.45) is 0 Å². The lowest BCUT2D eigenvalue weighted by Crippen LogP contribution is -2.42. The maximum atomic E-state index is 13.0. The summed E-state index contributed by atoms with van der Waals surface area (Å²) in [5.74, 6) is -1.36. The first-order chi connectivity index (χ1) is 15.0. The summed E-state index contributed by atoms with van der Waals surface area (Å²) in [6.07, 6.45) is 0. The average Bonchev–Trinajstić information content (AvgIpc) is 3.04. The highest BCUT2D eigenvalue weighted by atomic mass is 79.9. The number of ketones is 1. The number of morpholine rings is 1. The highest BCUT2D eigenvalue weighted by Crippen LogP contribution is 2.39. The van der Waals surface area contributed by atoms with Crippen LogP contribution in [0.4, 0.5) is 0 Å². The van der Waals surface area contributed by atoms with Crippen molar-refractivity contribution in [3.8, 4) is 0 Å². The minimum absolute atomic E-state index is 0.137. The summed E-state index contributed by atoms with van der Waals surface area (Å²) in [6.45, 7) is 5.94. The average molecular weight is 485 g/mol. The first kappa shape index (κ1) is 21.7. The number of rotatable bonds is 5. The van der Waals surface area contributed by atoms with Gasteiger partial charge in [-0.15, -0.1) is 0 Å². The fourth-order valence-electron chi connectivity index (χ4n) is 4.04. The number of aliphatic hydroxyl groups is 1. The Labute approximate surface area is 190 Å². The molecule has 1 atom stereocenters. The van der Waals surface area contributed by atoms with Crippen LogP contribution in [0.5, 0.6) is 0 Å². The van der Waals surface area contributed by atoms with Crippen molar-refractivity contribution in [3.63, 3.8) is 0 Å². The van der Waals surface area contributed by atoms with Crippen LogP contribution in [0.2, 0.25) is 0 Å². The third-order valence-corrected chi connectivity index (χ3v) is 6.34. The summed E-state index contributed by atoms with van der Waals surface area (Å²) < 4.78 is 6.30. The minimum atomic E-state index is -0.645. The molecule has 0 bridgehead atoms. The van der Waals surface area contributed by atoms with E-state index in [1.807, 2.05) is 43.3 Å². The van der Waals surface area contributed by atoms with Gasteiger partial charge in [-0.1, -0.05) is 57.9 Å². The van der Waals surface area contributed by atoms with E-state index in [0.29, 0.717) is 31.9 Å². The van der Waals surface area contributed by atoms with Crippen LogP contribution < -0.4 is 0 Å². The molecule has 2 aromatic rings. The number of nitrogens with zero attached hydrogens (tertiary/aromatic N) is 2. The number of halogens is 1. The van der Waals surface area contributed by atoms with Gasteiger partial charge in [0.15, 0.2) is 0 Å². The quantitative estimate of drug-likeness (QED) is 0.399. The first-order valence-corrected chi connectivity index (χ1v) is 11.2. The summed E-state index contributed by atoms with van der Waals surface area (Å²) in [5.41, 5.74) is 2.50. The van der Waals surface area contributed by atoms with E-state index in [-0.39, 0.29) is 11.3 Å². The van der Waals surface area contributed by atoms with Crippen LogP contribution in [0.3, 0.4) is 0 Å². The fourth-order valence-corrected chi connectivity index (χ4v) is 4.31. The number of aliphatic hydroxyl groups excluding tert-OH is 1. The van der Waals surface area contributed by atoms with Crippen molar-refractivity contribution in [1.29, 1.82) is 0 Å². The number of ether oxygens (including phenoxy) is 1. The molecule has 1 N–H and O–H groups in total. The molecular formula is C24H25BrN2O4. The van der Waals surface area contributed by atoms with E-state index < -0.39 is 17.7 Å². The summed E-state index contributed by atoms with van der Waals surface area (Å²) in [7, 11) is 0. The van der Waals surface area contributed by atoms with Gasteiger partial charge in [-0.2, -0.15) is 0 Å². The molecule has 0 unspecified atom stereocenters. The molecule has 2 aliphatic heterocycles. The number of likely N-dealkylation sites (tertiary alicyclic amines) is 1. The van der Waals surface area contributed by atoms with Gasteiger partial charge >= 0.3 is 0 Å². The van der Waals surface area contributed by atoms with Gasteiger partial charge in [0.25, 0.3) is 11.7 Å². The molecule has 2 aliphatic rings. The van der Waals surface area contributed by atoms with Crippen LogP contribution in [0, 0.1) is 6.92 Å². The Morgan fingerprint density at radius 2 is 1.68 bits per heavy atom. The Morgan fingerprint density at radius 1 is 1.03 bits per heavy atom. The Hall–Kier alpha value is -2.48. The highest BCUT2D eigenvalue weighted by Gasteiger charge is 2.46. The SMILES string of the molecule is Cc1ccc(/C(O)=C2\C(=O)C(=O)N(CCN3CCOCC3)[C@H]2c2ccc(Br)cc2)cc1. The molecule has 2 heterocycles. The zero-order chi connectivity index (χ0) is 22.0. The molecule has 2 fully saturated rings. The zero-order valence-corrected chi connectivity index (χ0v) is 19.0. The lowest BCUT2D eigenvalue weighted by Gasteiger charge is -2.31. The van der Waals surface area contributed by atoms with Crippen molar-refractivity contribution in [2.75, 3.05) is 39.4 Å². The molecule has 0 spiro atoms. The Morgan fingerprint density at radius 3 is 2.32 bits per heavy atom. The van der Waals surface area contributed by atoms with Gasteiger partial charge < -0.3 is 14.7 Å². The topological polar surface area (TPSA) is 70.1 Å². The minimum Gasteiger partial charge on any atom is -0.507 e. The molecule has 0 aliphatic carbocycles. The predicted molar refractivity (Wildman–Crippen MR) is 122 cm³/mol. The van der Waals surface area contributed by atoms with E-state index in [9.17, 15) is 14.7 Å². The van der Waals surface area contributed by atoms with E-state index in [1.54, 1.807) is 17.0 Å². The maximum absolute atomic E-state index is 13.0. The van der Waals surface area contributed by atoms with Crippen LogP contribution in [0.1, 0.15) is 22.7 Å². The van der Waals surface area contributed by atoms with Crippen molar-refractivity contribution < 1.29 is 19.4 Å². The lowest BCUT2D eigenvalue weighted by atomic mass is 9.95. The Balaban J connectivity index is 1.72. The molecule has 0 radical (unpaired) electrons. The second kappa shape index (κ2) is 9.34. The maximum Gasteiger partial charge on any atom is 0.295 e. The van der Waals surface area contributed by atoms with Crippen molar-refractivity contribution in [1.82, 2.24) is 9.80 Å². The van der Waals surface area contributed by atoms with Gasteiger partial charge in [0, 0.05) is 36.2 Å². The number of amides is 1. The summed E-state index contributed by atoms with van der Waals surface area (Å²) in [6, 6.07) is 14.2. The number of hydrogen-bond acceptors (Lipinski definition) is 5. The smallest absolute Gasteiger partial charge is 0.295 e. The number of hydrogen-bond donors (Lipinski definition) is 1. The van der Waals surface area contributed by atoms with Gasteiger partial charge in [0.2, 0.25) is 0 Å². The number of carbonyl (C=O) groups is 2. The van der Waals surface area contributed by atoms with Gasteiger partial charge in [0.1, 0.15) is 5.76 Å². The molecule has 0 aromatic heterocycles. The molecule has 2 saturated heterocycles. The van der Waals surface area contributed by atoms with Gasteiger partial charge in [-0.25, -0.2) is 0 Å². The summed E-state index contributed by atoms with van der Waals surface area (Å²) >= 11 is 3.44. The molecule has 0 saturated carbocycles. The number of benzene rings is 2. The predicted octanol–water partition coefficient (Wildman–Crippen LogP) is 3.51. The van der Waals surface area contributed by atoms with Crippen molar-refractivity contribution >= 4 is 33.4 Å². The first-order valence-electron chi connectivity index (χ1n) is 10.4. The van der Waals surface area contributed by atoms with Crippen LogP contribution in [0.25, 0.3) is 5.76 Å². The van der Waals surface area contributed by atoms with E-state index in [1.165, 1.54) is 0 Å². The van der Waals surface area contributed by atoms with E-state index >= 15 is 0 Å². The van der Waals surface area contributed by atoms with Crippen molar-refractivity contribution in [3.05, 3.63) is 75.3 Å². The Bertz CT molecular complexity index is 995. The molecule has 162 valence electrons. The normalized spacial score (nSPS) is 21.6. The largest absolute Gasteiger partial charge is 0.507 e. The Kier molecular flexibility index (Phi) is 6.55. The molecule has 2 aromatic carbocycles. The molecule has 6 nitrogen and oxygen atoms in total. The van der Waals surface area contributed by atoms with Crippen LogP contribution in [-0.2, 0) is 14.3 Å². The number of carbonyl (C=O) groups excluding carboxylic acids is 2. The standard InChI is InChI=1S/C24H25BrN2O4/c1-16-2-4-18(5-3-16)22(28)20-21(17-6-8-19(25)9-7-17)27(24(30)23(20)29)11-10-26-12-14-31-15-13-26/h2-9,21,28H,10-15H2,1H3/b22-20+/t21-/m0/s1. The number of aryl methyl sites for hydroxylation is 1. The van der Waals surface area contributed by atoms with Gasteiger partial charge in [-0.3, -0.25) is 14.5 Å². The van der Waals surface area contributed by atoms with Crippen molar-refractivity contribution in [2.45, 2.75) is 13.0 Å². The second-order valence-corrected chi connectivity index (χ2v) is 8.78. The monoisotopic (exact) mass is 484 g/mol. The van der Waals surface area contributed by atoms with E-state index in [2.05, 4.69) is 20.8 Å².